The van der Waals surface area contributed by atoms with Crippen LogP contribution in [0.1, 0.15) is 11.1 Å². The SMILES string of the molecule is C=N/C(=C1\C(=N/Cn2c3ccccc3c3c4ccccc4c4sc5ccccc5c4c32)Oc2ccc3ccccc3c21)c1ccc2ccccc2c1. The maximum absolute atomic E-state index is 6.75. The summed E-state index contributed by atoms with van der Waals surface area (Å²) < 4.78 is 11.7. The molecular formula is C47H29N3OS. The molecule has 52 heavy (non-hydrogen) atoms. The Morgan fingerprint density at radius 1 is 0.615 bits per heavy atom. The highest BCUT2D eigenvalue weighted by molar-refractivity contribution is 7.27. The number of para-hydroxylation sites is 1. The summed E-state index contributed by atoms with van der Waals surface area (Å²) in [6, 6.07) is 53.7. The van der Waals surface area contributed by atoms with E-state index >= 15 is 0 Å². The maximum atomic E-state index is 6.75. The Bertz CT molecular complexity index is 3220. The van der Waals surface area contributed by atoms with Gasteiger partial charge in [-0.05, 0) is 57.9 Å². The smallest absolute Gasteiger partial charge is 0.226 e. The number of fused-ring (bicyclic) bond motifs is 14. The van der Waals surface area contributed by atoms with Crippen molar-refractivity contribution in [3.05, 3.63) is 163 Å². The zero-order valence-electron chi connectivity index (χ0n) is 28.0. The lowest BCUT2D eigenvalue weighted by Gasteiger charge is -2.11. The number of thiophene rings is 1. The first-order chi connectivity index (χ1) is 25.8. The minimum absolute atomic E-state index is 0.356. The molecule has 1 aliphatic rings. The molecule has 5 heteroatoms. The van der Waals surface area contributed by atoms with Crippen molar-refractivity contribution in [2.24, 2.45) is 9.98 Å². The molecule has 0 saturated carbocycles. The summed E-state index contributed by atoms with van der Waals surface area (Å²) in [5.41, 5.74) is 5.90. The fourth-order valence-electron chi connectivity index (χ4n) is 8.33. The van der Waals surface area contributed by atoms with Crippen LogP contribution in [-0.4, -0.2) is 17.2 Å². The average molecular weight is 684 g/mol. The van der Waals surface area contributed by atoms with Crippen molar-refractivity contribution in [1.82, 2.24) is 4.57 Å². The molecule has 8 aromatic carbocycles. The van der Waals surface area contributed by atoms with Gasteiger partial charge in [0.2, 0.25) is 5.90 Å². The lowest BCUT2D eigenvalue weighted by Crippen LogP contribution is -2.08. The molecular weight excluding hydrogens is 655 g/mol. The van der Waals surface area contributed by atoms with Crippen LogP contribution >= 0.6 is 11.3 Å². The molecule has 0 spiro atoms. The molecule has 0 atom stereocenters. The van der Waals surface area contributed by atoms with E-state index in [1.807, 2.05) is 11.3 Å². The van der Waals surface area contributed by atoms with Gasteiger partial charge in [-0.3, -0.25) is 4.99 Å². The van der Waals surface area contributed by atoms with Crippen LogP contribution in [0.4, 0.5) is 0 Å². The lowest BCUT2D eigenvalue weighted by atomic mass is 9.94. The molecule has 0 radical (unpaired) electrons. The first kappa shape index (κ1) is 29.2. The van der Waals surface area contributed by atoms with Crippen molar-refractivity contribution in [1.29, 1.82) is 0 Å². The van der Waals surface area contributed by atoms with Gasteiger partial charge in [-0.25, -0.2) is 4.99 Å². The summed E-state index contributed by atoms with van der Waals surface area (Å²) in [6.07, 6.45) is 0. The molecule has 0 aliphatic carbocycles. The van der Waals surface area contributed by atoms with E-state index in [4.69, 9.17) is 14.7 Å². The largest absolute Gasteiger partial charge is 0.438 e. The first-order valence-electron chi connectivity index (χ1n) is 17.4. The molecule has 0 fully saturated rings. The average Bonchev–Trinajstić information content (AvgIpc) is 3.87. The molecule has 1 aliphatic heterocycles. The second-order valence-electron chi connectivity index (χ2n) is 13.3. The molecule has 244 valence electrons. The van der Waals surface area contributed by atoms with Crippen molar-refractivity contribution in [3.8, 4) is 5.75 Å². The number of hydrogen-bond acceptors (Lipinski definition) is 4. The van der Waals surface area contributed by atoms with Crippen molar-refractivity contribution < 1.29 is 4.74 Å². The Labute approximate surface area is 302 Å². The van der Waals surface area contributed by atoms with Gasteiger partial charge in [0.25, 0.3) is 0 Å². The Balaban J connectivity index is 1.20. The van der Waals surface area contributed by atoms with E-state index < -0.39 is 0 Å². The molecule has 0 saturated heterocycles. The Kier molecular flexibility index (Phi) is 6.30. The summed E-state index contributed by atoms with van der Waals surface area (Å²) in [5, 5.41) is 12.1. The normalized spacial score (nSPS) is 14.7. The second-order valence-corrected chi connectivity index (χ2v) is 14.4. The van der Waals surface area contributed by atoms with Crippen LogP contribution in [0.3, 0.4) is 0 Å². The topological polar surface area (TPSA) is 38.9 Å². The van der Waals surface area contributed by atoms with E-state index in [0.29, 0.717) is 12.6 Å². The number of aliphatic imine (C=N–C) groups is 2. The van der Waals surface area contributed by atoms with Gasteiger partial charge in [0.1, 0.15) is 12.4 Å². The van der Waals surface area contributed by atoms with Gasteiger partial charge < -0.3 is 9.30 Å². The number of nitrogens with zero attached hydrogens (tertiary/aromatic N) is 3. The third-order valence-corrected chi connectivity index (χ3v) is 11.8. The number of ether oxygens (including phenoxy) is 1. The Morgan fingerprint density at radius 2 is 1.29 bits per heavy atom. The van der Waals surface area contributed by atoms with Crippen LogP contribution in [0.2, 0.25) is 0 Å². The minimum Gasteiger partial charge on any atom is -0.438 e. The summed E-state index contributed by atoms with van der Waals surface area (Å²) in [5.74, 6) is 1.31. The predicted molar refractivity (Wildman–Crippen MR) is 222 cm³/mol. The number of aromatic nitrogens is 1. The van der Waals surface area contributed by atoms with Crippen LogP contribution in [0.25, 0.3) is 85.6 Å². The third-order valence-electron chi connectivity index (χ3n) is 10.6. The van der Waals surface area contributed by atoms with Crippen molar-refractivity contribution >= 4 is 110 Å². The van der Waals surface area contributed by atoms with Crippen LogP contribution < -0.4 is 4.74 Å². The van der Waals surface area contributed by atoms with E-state index in [1.165, 1.54) is 52.6 Å². The van der Waals surface area contributed by atoms with E-state index in [-0.39, 0.29) is 0 Å². The standard InChI is InChI=1S/C47H29N3OS/c1-48-44(31-23-22-28-12-2-3-14-30(28)26-31)43-41-32-15-5-4-13-29(32)24-25-38(41)51-47(43)49-27-50-37-20-10-8-18-35(37)40-33-16-6-7-17-34(33)46-42(45(40)50)36-19-9-11-21-39(36)52-46/h2-26H,1,27H2/b44-43-,49-47+. The fraction of sp³-hybridized carbons (Fsp3) is 0.0213. The van der Waals surface area contributed by atoms with Crippen molar-refractivity contribution in [2.75, 3.05) is 0 Å². The highest BCUT2D eigenvalue weighted by atomic mass is 32.1. The van der Waals surface area contributed by atoms with Gasteiger partial charge in [0.15, 0.2) is 0 Å². The van der Waals surface area contributed by atoms with Crippen molar-refractivity contribution in [3.63, 3.8) is 0 Å². The van der Waals surface area contributed by atoms with E-state index in [1.54, 1.807) is 0 Å². The van der Waals surface area contributed by atoms with Gasteiger partial charge in [0, 0.05) is 47.5 Å². The number of hydrogen-bond donors (Lipinski definition) is 0. The quantitative estimate of drug-likeness (QED) is 0.170. The zero-order chi connectivity index (χ0) is 34.3. The van der Waals surface area contributed by atoms with Gasteiger partial charge in [0.05, 0.1) is 22.3 Å². The molecule has 0 unspecified atom stereocenters. The van der Waals surface area contributed by atoms with Gasteiger partial charge >= 0.3 is 0 Å². The van der Waals surface area contributed by atoms with E-state index in [0.717, 1.165) is 49.8 Å². The maximum Gasteiger partial charge on any atom is 0.226 e. The molecule has 0 amide bonds. The minimum atomic E-state index is 0.356. The van der Waals surface area contributed by atoms with Gasteiger partial charge in [-0.2, -0.15) is 0 Å². The van der Waals surface area contributed by atoms with Crippen LogP contribution in [-0.2, 0) is 6.67 Å². The van der Waals surface area contributed by atoms with Crippen LogP contribution in [0.5, 0.6) is 5.75 Å². The highest BCUT2D eigenvalue weighted by Crippen LogP contribution is 2.48. The molecule has 0 bridgehead atoms. The molecule has 10 aromatic rings. The molecule has 3 heterocycles. The van der Waals surface area contributed by atoms with E-state index in [9.17, 15) is 0 Å². The molecule has 2 aromatic heterocycles. The molecule has 11 rings (SSSR count). The van der Waals surface area contributed by atoms with Crippen molar-refractivity contribution in [2.45, 2.75) is 6.67 Å². The first-order valence-corrected chi connectivity index (χ1v) is 18.3. The summed E-state index contributed by atoms with van der Waals surface area (Å²) >= 11 is 1.87. The van der Waals surface area contributed by atoms with Crippen LogP contribution in [0, 0.1) is 0 Å². The molecule has 0 N–H and O–H groups in total. The van der Waals surface area contributed by atoms with Gasteiger partial charge in [-0.1, -0.05) is 127 Å². The lowest BCUT2D eigenvalue weighted by molar-refractivity contribution is 0.562. The summed E-state index contributed by atoms with van der Waals surface area (Å²) in [6.45, 7) is 4.46. The number of benzene rings is 8. The third kappa shape index (κ3) is 4.14. The highest BCUT2D eigenvalue weighted by Gasteiger charge is 2.31. The molecule has 4 nitrogen and oxygen atoms in total. The second kappa shape index (κ2) is 11.2. The van der Waals surface area contributed by atoms with Crippen LogP contribution in [0.15, 0.2) is 162 Å². The monoisotopic (exact) mass is 683 g/mol. The fourth-order valence-corrected chi connectivity index (χ4v) is 9.57. The number of rotatable bonds is 4. The Morgan fingerprint density at radius 3 is 2.13 bits per heavy atom. The van der Waals surface area contributed by atoms with E-state index in [2.05, 4.69) is 163 Å². The Hall–Kier alpha value is -6.56. The summed E-state index contributed by atoms with van der Waals surface area (Å²) in [7, 11) is 0. The zero-order valence-corrected chi connectivity index (χ0v) is 28.8. The summed E-state index contributed by atoms with van der Waals surface area (Å²) in [4.78, 5) is 10.1. The van der Waals surface area contributed by atoms with Gasteiger partial charge in [-0.15, -0.1) is 11.3 Å². The predicted octanol–water partition coefficient (Wildman–Crippen LogP) is 12.6.